The maximum Gasteiger partial charge on any atom is 0.412 e. The van der Waals surface area contributed by atoms with Crippen LogP contribution in [0.25, 0.3) is 0 Å². The Morgan fingerprint density at radius 1 is 1.04 bits per heavy atom. The van der Waals surface area contributed by atoms with E-state index in [0.717, 1.165) is 19.3 Å². The summed E-state index contributed by atoms with van der Waals surface area (Å²) in [5.41, 5.74) is 3.11. The first-order chi connectivity index (χ1) is 12.8. The molecule has 0 saturated heterocycles. The van der Waals surface area contributed by atoms with Gasteiger partial charge in [0.15, 0.2) is 0 Å². The van der Waals surface area contributed by atoms with Crippen molar-refractivity contribution in [2.45, 2.75) is 51.7 Å². The van der Waals surface area contributed by atoms with Gasteiger partial charge in [-0.25, -0.2) is 4.79 Å². The third-order valence-corrected chi connectivity index (χ3v) is 4.47. The lowest BCUT2D eigenvalue weighted by molar-refractivity contribution is 0.0635. The van der Waals surface area contributed by atoms with Crippen LogP contribution in [0, 0.1) is 0 Å². The van der Waals surface area contributed by atoms with E-state index < -0.39 is 11.7 Å². The van der Waals surface area contributed by atoms with Crippen LogP contribution in [0.4, 0.5) is 10.5 Å². The van der Waals surface area contributed by atoms with Gasteiger partial charge in [0.1, 0.15) is 5.60 Å². The molecule has 2 amide bonds. The Hall–Kier alpha value is -2.82. The van der Waals surface area contributed by atoms with Gasteiger partial charge < -0.3 is 10.1 Å². The Kier molecular flexibility index (Phi) is 5.49. The Morgan fingerprint density at radius 2 is 1.74 bits per heavy atom. The molecular weight excluding hydrogens is 340 g/mol. The third kappa shape index (κ3) is 5.09. The molecule has 0 aromatic heterocycles. The second kappa shape index (κ2) is 7.82. The van der Waals surface area contributed by atoms with Gasteiger partial charge in [0.05, 0.1) is 6.04 Å². The zero-order valence-electron chi connectivity index (χ0n) is 16.0. The summed E-state index contributed by atoms with van der Waals surface area (Å²) in [5, 5.41) is 5.80. The normalized spacial score (nSPS) is 16.2. The van der Waals surface area contributed by atoms with Gasteiger partial charge in [0, 0.05) is 11.3 Å². The number of carbonyl (C=O) groups excluding carboxylic acids is 2. The van der Waals surface area contributed by atoms with Gasteiger partial charge in [0.25, 0.3) is 5.91 Å². The summed E-state index contributed by atoms with van der Waals surface area (Å²) in [6.07, 6.45) is 2.56. The zero-order chi connectivity index (χ0) is 19.4. The summed E-state index contributed by atoms with van der Waals surface area (Å²) in [4.78, 5) is 24.4. The van der Waals surface area contributed by atoms with E-state index in [2.05, 4.69) is 22.8 Å². The number of ether oxygens (including phenoxy) is 1. The maximum absolute atomic E-state index is 12.6. The average molecular weight is 366 g/mol. The van der Waals surface area contributed by atoms with Crippen LogP contribution in [-0.2, 0) is 11.2 Å². The van der Waals surface area contributed by atoms with Crippen molar-refractivity contribution >= 4 is 17.7 Å². The van der Waals surface area contributed by atoms with Gasteiger partial charge in [-0.05, 0) is 75.4 Å². The van der Waals surface area contributed by atoms with Gasteiger partial charge in [-0.2, -0.15) is 0 Å². The number of anilines is 1. The number of carbonyl (C=O) groups is 2. The second-order valence-corrected chi connectivity index (χ2v) is 7.82. The van der Waals surface area contributed by atoms with E-state index in [0.29, 0.717) is 11.3 Å². The molecule has 0 bridgehead atoms. The lowest BCUT2D eigenvalue weighted by Crippen LogP contribution is -2.31. The van der Waals surface area contributed by atoms with Crippen molar-refractivity contribution in [1.82, 2.24) is 5.32 Å². The average Bonchev–Trinajstić information content (AvgIpc) is 2.61. The SMILES string of the molecule is CC(C)(C)OC(=O)Nc1ccc(C(=O)N[C@@H]2CCCc3ccccc32)cc1. The van der Waals surface area contributed by atoms with E-state index in [1.54, 1.807) is 24.3 Å². The Bertz CT molecular complexity index is 822. The zero-order valence-corrected chi connectivity index (χ0v) is 16.0. The fourth-order valence-electron chi connectivity index (χ4n) is 3.27. The monoisotopic (exact) mass is 366 g/mol. The van der Waals surface area contributed by atoms with Crippen LogP contribution < -0.4 is 10.6 Å². The van der Waals surface area contributed by atoms with E-state index in [4.69, 9.17) is 4.74 Å². The minimum Gasteiger partial charge on any atom is -0.444 e. The van der Waals surface area contributed by atoms with Crippen LogP contribution >= 0.6 is 0 Å². The van der Waals surface area contributed by atoms with Gasteiger partial charge in [0.2, 0.25) is 0 Å². The lowest BCUT2D eigenvalue weighted by Gasteiger charge is -2.26. The molecule has 142 valence electrons. The predicted octanol–water partition coefficient (Wildman–Crippen LogP) is 4.84. The summed E-state index contributed by atoms with van der Waals surface area (Å²) in [7, 11) is 0. The number of aryl methyl sites for hydroxylation is 1. The molecule has 1 aliphatic carbocycles. The molecule has 0 spiro atoms. The molecule has 0 unspecified atom stereocenters. The van der Waals surface area contributed by atoms with Crippen LogP contribution in [0.3, 0.4) is 0 Å². The fraction of sp³-hybridized carbons (Fsp3) is 0.364. The van der Waals surface area contributed by atoms with Crippen LogP contribution in [0.5, 0.6) is 0 Å². The minimum atomic E-state index is -0.555. The summed E-state index contributed by atoms with van der Waals surface area (Å²) in [6, 6.07) is 15.1. The number of rotatable bonds is 3. The summed E-state index contributed by atoms with van der Waals surface area (Å²) >= 11 is 0. The summed E-state index contributed by atoms with van der Waals surface area (Å²) in [6.45, 7) is 5.43. The van der Waals surface area contributed by atoms with Crippen molar-refractivity contribution < 1.29 is 14.3 Å². The Balaban J connectivity index is 1.62. The van der Waals surface area contributed by atoms with Crippen molar-refractivity contribution in [2.75, 3.05) is 5.32 Å². The van der Waals surface area contributed by atoms with Crippen molar-refractivity contribution in [2.24, 2.45) is 0 Å². The van der Waals surface area contributed by atoms with E-state index in [9.17, 15) is 9.59 Å². The number of fused-ring (bicyclic) bond motifs is 1. The van der Waals surface area contributed by atoms with Crippen LogP contribution in [-0.4, -0.2) is 17.6 Å². The van der Waals surface area contributed by atoms with E-state index in [1.807, 2.05) is 32.9 Å². The largest absolute Gasteiger partial charge is 0.444 e. The lowest BCUT2D eigenvalue weighted by atomic mass is 9.87. The highest BCUT2D eigenvalue weighted by atomic mass is 16.6. The first-order valence-corrected chi connectivity index (χ1v) is 9.30. The number of amides is 2. The van der Waals surface area contributed by atoms with E-state index >= 15 is 0 Å². The standard InChI is InChI=1S/C22H26N2O3/c1-22(2,3)27-21(26)23-17-13-11-16(12-14-17)20(25)24-19-10-6-8-15-7-4-5-9-18(15)19/h4-5,7,9,11-14,19H,6,8,10H2,1-3H3,(H,23,26)(H,24,25)/t19-/m1/s1. The third-order valence-electron chi connectivity index (χ3n) is 4.47. The number of benzene rings is 2. The molecule has 1 aliphatic rings. The number of nitrogens with one attached hydrogen (secondary N) is 2. The summed E-state index contributed by atoms with van der Waals surface area (Å²) in [5.74, 6) is -0.111. The molecule has 5 nitrogen and oxygen atoms in total. The second-order valence-electron chi connectivity index (χ2n) is 7.82. The number of hydrogen-bond acceptors (Lipinski definition) is 3. The molecule has 27 heavy (non-hydrogen) atoms. The molecule has 0 heterocycles. The first kappa shape index (κ1) is 19.0. The van der Waals surface area contributed by atoms with Crippen molar-refractivity contribution in [3.63, 3.8) is 0 Å². The molecule has 0 radical (unpaired) electrons. The molecule has 2 N–H and O–H groups in total. The first-order valence-electron chi connectivity index (χ1n) is 9.30. The molecule has 5 heteroatoms. The van der Waals surface area contributed by atoms with Gasteiger partial charge in [-0.3, -0.25) is 10.1 Å². The Labute approximate surface area is 160 Å². The fourth-order valence-corrected chi connectivity index (χ4v) is 3.27. The highest BCUT2D eigenvalue weighted by Gasteiger charge is 2.22. The highest BCUT2D eigenvalue weighted by molar-refractivity contribution is 5.95. The topological polar surface area (TPSA) is 67.4 Å². The van der Waals surface area contributed by atoms with Gasteiger partial charge >= 0.3 is 6.09 Å². The van der Waals surface area contributed by atoms with Crippen molar-refractivity contribution in [1.29, 1.82) is 0 Å². The molecule has 2 aromatic carbocycles. The smallest absolute Gasteiger partial charge is 0.412 e. The van der Waals surface area contributed by atoms with Crippen LogP contribution in [0.15, 0.2) is 48.5 Å². The van der Waals surface area contributed by atoms with E-state index in [-0.39, 0.29) is 11.9 Å². The maximum atomic E-state index is 12.6. The Morgan fingerprint density at radius 3 is 2.44 bits per heavy atom. The molecular formula is C22H26N2O3. The highest BCUT2D eigenvalue weighted by Crippen LogP contribution is 2.29. The summed E-state index contributed by atoms with van der Waals surface area (Å²) < 4.78 is 5.22. The molecule has 0 saturated carbocycles. The van der Waals surface area contributed by atoms with Crippen LogP contribution in [0.1, 0.15) is 61.1 Å². The molecule has 0 aliphatic heterocycles. The molecule has 2 aromatic rings. The van der Waals surface area contributed by atoms with Crippen molar-refractivity contribution in [3.8, 4) is 0 Å². The van der Waals surface area contributed by atoms with E-state index in [1.165, 1.54) is 11.1 Å². The molecule has 0 fully saturated rings. The van der Waals surface area contributed by atoms with Gasteiger partial charge in [-0.15, -0.1) is 0 Å². The van der Waals surface area contributed by atoms with Crippen LogP contribution in [0.2, 0.25) is 0 Å². The van der Waals surface area contributed by atoms with Crippen molar-refractivity contribution in [3.05, 3.63) is 65.2 Å². The predicted molar refractivity (Wildman–Crippen MR) is 106 cm³/mol. The number of hydrogen-bond donors (Lipinski definition) is 2. The quantitative estimate of drug-likeness (QED) is 0.817. The molecule has 1 atom stereocenters. The minimum absolute atomic E-state index is 0.0435. The van der Waals surface area contributed by atoms with Gasteiger partial charge in [-0.1, -0.05) is 24.3 Å². The molecule has 3 rings (SSSR count).